The molecular weight excluding hydrogens is 302 g/mol. The predicted octanol–water partition coefficient (Wildman–Crippen LogP) is 2.94. The van der Waals surface area contributed by atoms with Crippen molar-refractivity contribution in [1.29, 1.82) is 0 Å². The predicted molar refractivity (Wildman–Crippen MR) is 84.3 cm³/mol. The van der Waals surface area contributed by atoms with E-state index in [9.17, 15) is 9.90 Å². The molecule has 3 aromatic heterocycles. The van der Waals surface area contributed by atoms with E-state index >= 15 is 0 Å². The van der Waals surface area contributed by atoms with E-state index in [1.807, 2.05) is 16.8 Å². The van der Waals surface area contributed by atoms with Crippen LogP contribution in [0.25, 0.3) is 11.1 Å². The van der Waals surface area contributed by atoms with E-state index in [2.05, 4.69) is 15.3 Å². The number of nitrogens with zero attached hydrogens (tertiary/aromatic N) is 2. The lowest BCUT2D eigenvalue weighted by Gasteiger charge is -2.11. The number of hydrogen-bond donors (Lipinski definition) is 2. The summed E-state index contributed by atoms with van der Waals surface area (Å²) in [5.41, 5.74) is 1.69. The standard InChI is InChI=1S/C15H15N3O3S/c1-8(19)12-9(2)21-15-13(12)14(17-7-18-15)16-5-11(20)10-3-4-22-6-10/h3-4,6-7,11,20H,5H2,1-2H3,(H,16,17,18). The smallest absolute Gasteiger partial charge is 0.232 e. The maximum absolute atomic E-state index is 11.8. The molecule has 0 bridgehead atoms. The normalized spacial score (nSPS) is 12.5. The minimum absolute atomic E-state index is 0.104. The Morgan fingerprint density at radius 3 is 3.00 bits per heavy atom. The van der Waals surface area contributed by atoms with Crippen LogP contribution in [-0.4, -0.2) is 27.4 Å². The van der Waals surface area contributed by atoms with Crippen LogP contribution < -0.4 is 5.32 Å². The first-order chi connectivity index (χ1) is 10.6. The van der Waals surface area contributed by atoms with Crippen LogP contribution in [0.4, 0.5) is 5.82 Å². The van der Waals surface area contributed by atoms with E-state index in [0.29, 0.717) is 28.2 Å². The molecule has 0 amide bonds. The first-order valence-corrected chi connectivity index (χ1v) is 7.71. The minimum Gasteiger partial charge on any atom is -0.442 e. The van der Waals surface area contributed by atoms with E-state index in [0.717, 1.165) is 5.56 Å². The number of aryl methyl sites for hydroxylation is 1. The highest BCUT2D eigenvalue weighted by atomic mass is 32.1. The van der Waals surface area contributed by atoms with Crippen LogP contribution in [0.3, 0.4) is 0 Å². The summed E-state index contributed by atoms with van der Waals surface area (Å²) in [6.45, 7) is 3.49. The van der Waals surface area contributed by atoms with Gasteiger partial charge in [-0.25, -0.2) is 9.97 Å². The van der Waals surface area contributed by atoms with Crippen LogP contribution in [0.5, 0.6) is 0 Å². The van der Waals surface area contributed by atoms with E-state index in [1.54, 1.807) is 6.92 Å². The number of thiophene rings is 1. The van der Waals surface area contributed by atoms with Crippen LogP contribution in [0.2, 0.25) is 0 Å². The highest BCUT2D eigenvalue weighted by Gasteiger charge is 2.20. The maximum atomic E-state index is 11.8. The van der Waals surface area contributed by atoms with Crippen molar-refractivity contribution in [2.75, 3.05) is 11.9 Å². The second-order valence-corrected chi connectivity index (χ2v) is 5.73. The molecule has 7 heteroatoms. The number of rotatable bonds is 5. The summed E-state index contributed by atoms with van der Waals surface area (Å²) >= 11 is 1.53. The number of aliphatic hydroxyl groups is 1. The number of furan rings is 1. The van der Waals surface area contributed by atoms with Gasteiger partial charge >= 0.3 is 0 Å². The number of carbonyl (C=O) groups is 1. The number of aliphatic hydroxyl groups excluding tert-OH is 1. The Morgan fingerprint density at radius 2 is 2.32 bits per heavy atom. The monoisotopic (exact) mass is 317 g/mol. The summed E-state index contributed by atoms with van der Waals surface area (Å²) in [5, 5.41) is 17.6. The Labute approximate surface area is 130 Å². The lowest BCUT2D eigenvalue weighted by Crippen LogP contribution is -2.13. The SMILES string of the molecule is CC(=O)c1c(C)oc2ncnc(NCC(O)c3ccsc3)c12. The van der Waals surface area contributed by atoms with Gasteiger partial charge in [0.1, 0.15) is 17.9 Å². The molecule has 22 heavy (non-hydrogen) atoms. The Bertz CT molecular complexity index is 811. The van der Waals surface area contributed by atoms with E-state index in [1.165, 1.54) is 24.6 Å². The topological polar surface area (TPSA) is 88.2 Å². The van der Waals surface area contributed by atoms with Crippen molar-refractivity contribution in [3.8, 4) is 0 Å². The number of ketones is 1. The molecule has 6 nitrogen and oxygen atoms in total. The highest BCUT2D eigenvalue weighted by Crippen LogP contribution is 2.29. The molecular formula is C15H15N3O3S. The molecule has 1 atom stereocenters. The van der Waals surface area contributed by atoms with Crippen LogP contribution in [0.1, 0.15) is 34.7 Å². The van der Waals surface area contributed by atoms with Gasteiger partial charge in [-0.05, 0) is 36.2 Å². The Morgan fingerprint density at radius 1 is 1.50 bits per heavy atom. The summed E-state index contributed by atoms with van der Waals surface area (Å²) in [4.78, 5) is 20.1. The van der Waals surface area contributed by atoms with Crippen LogP contribution in [0, 0.1) is 6.92 Å². The van der Waals surface area contributed by atoms with Gasteiger partial charge in [0.2, 0.25) is 5.71 Å². The highest BCUT2D eigenvalue weighted by molar-refractivity contribution is 7.07. The third-order valence-electron chi connectivity index (χ3n) is 3.41. The van der Waals surface area contributed by atoms with Gasteiger partial charge in [-0.2, -0.15) is 11.3 Å². The third kappa shape index (κ3) is 2.60. The fourth-order valence-corrected chi connectivity index (χ4v) is 3.09. The molecule has 0 fully saturated rings. The second-order valence-electron chi connectivity index (χ2n) is 4.95. The quantitative estimate of drug-likeness (QED) is 0.703. The number of Topliss-reactive ketones (excluding diaryl/α,β-unsaturated/α-hetero) is 1. The van der Waals surface area contributed by atoms with Crippen molar-refractivity contribution in [3.63, 3.8) is 0 Å². The summed E-state index contributed by atoms with van der Waals surface area (Å²) in [6, 6.07) is 1.87. The second kappa shape index (κ2) is 5.86. The zero-order valence-corrected chi connectivity index (χ0v) is 13.0. The average molecular weight is 317 g/mol. The lowest BCUT2D eigenvalue weighted by molar-refractivity contribution is 0.101. The van der Waals surface area contributed by atoms with Gasteiger partial charge in [0, 0.05) is 6.54 Å². The average Bonchev–Trinajstić information content (AvgIpc) is 3.11. The Hall–Kier alpha value is -2.25. The summed E-state index contributed by atoms with van der Waals surface area (Å²) in [5.74, 6) is 0.901. The molecule has 0 aliphatic heterocycles. The number of aromatic nitrogens is 2. The molecule has 3 aromatic rings. The van der Waals surface area contributed by atoms with Crippen LogP contribution in [0.15, 0.2) is 27.6 Å². The van der Waals surface area contributed by atoms with Gasteiger partial charge in [0.25, 0.3) is 0 Å². The molecule has 3 rings (SSSR count). The van der Waals surface area contributed by atoms with E-state index < -0.39 is 6.10 Å². The molecule has 0 saturated heterocycles. The third-order valence-corrected chi connectivity index (χ3v) is 4.11. The molecule has 114 valence electrons. The fraction of sp³-hybridized carbons (Fsp3) is 0.267. The first kappa shape index (κ1) is 14.7. The van der Waals surface area contributed by atoms with Crippen LogP contribution >= 0.6 is 11.3 Å². The van der Waals surface area contributed by atoms with E-state index in [-0.39, 0.29) is 12.3 Å². The summed E-state index contributed by atoms with van der Waals surface area (Å²) in [7, 11) is 0. The minimum atomic E-state index is -0.648. The molecule has 0 saturated carbocycles. The van der Waals surface area contributed by atoms with Crippen molar-refractivity contribution in [3.05, 3.63) is 40.0 Å². The zero-order chi connectivity index (χ0) is 15.7. The van der Waals surface area contributed by atoms with Gasteiger partial charge in [-0.15, -0.1) is 0 Å². The number of nitrogens with one attached hydrogen (secondary N) is 1. The Kier molecular flexibility index (Phi) is 3.91. The van der Waals surface area contributed by atoms with Gasteiger partial charge in [-0.3, -0.25) is 4.79 Å². The van der Waals surface area contributed by atoms with Gasteiger partial charge in [0.15, 0.2) is 5.78 Å². The molecule has 0 spiro atoms. The van der Waals surface area contributed by atoms with Crippen molar-refractivity contribution < 1.29 is 14.3 Å². The molecule has 0 aliphatic rings. The van der Waals surface area contributed by atoms with Crippen molar-refractivity contribution in [1.82, 2.24) is 9.97 Å². The summed E-state index contributed by atoms with van der Waals surface area (Å²) in [6.07, 6.45) is 0.721. The van der Waals surface area contributed by atoms with Crippen molar-refractivity contribution in [2.24, 2.45) is 0 Å². The number of hydrogen-bond acceptors (Lipinski definition) is 7. The molecule has 0 aliphatic carbocycles. The molecule has 0 aromatic carbocycles. The number of anilines is 1. The largest absolute Gasteiger partial charge is 0.442 e. The van der Waals surface area contributed by atoms with Gasteiger partial charge in [0.05, 0.1) is 17.1 Å². The van der Waals surface area contributed by atoms with E-state index in [4.69, 9.17) is 4.42 Å². The molecule has 1 unspecified atom stereocenters. The maximum Gasteiger partial charge on any atom is 0.232 e. The van der Waals surface area contributed by atoms with Crippen molar-refractivity contribution >= 4 is 34.0 Å². The molecule has 0 radical (unpaired) electrons. The number of fused-ring (bicyclic) bond motifs is 1. The first-order valence-electron chi connectivity index (χ1n) is 6.77. The lowest BCUT2D eigenvalue weighted by atomic mass is 10.1. The Balaban J connectivity index is 1.92. The fourth-order valence-electron chi connectivity index (χ4n) is 2.38. The summed E-state index contributed by atoms with van der Waals surface area (Å²) < 4.78 is 5.51. The zero-order valence-electron chi connectivity index (χ0n) is 12.2. The van der Waals surface area contributed by atoms with Gasteiger partial charge in [-0.1, -0.05) is 0 Å². The molecule has 2 N–H and O–H groups in total. The molecule has 3 heterocycles. The van der Waals surface area contributed by atoms with Crippen LogP contribution in [-0.2, 0) is 0 Å². The van der Waals surface area contributed by atoms with Gasteiger partial charge < -0.3 is 14.8 Å². The van der Waals surface area contributed by atoms with Crippen molar-refractivity contribution in [2.45, 2.75) is 20.0 Å². The number of carbonyl (C=O) groups excluding carboxylic acids is 1.